The molecule has 2 N–H and O–H groups in total. The van der Waals surface area contributed by atoms with Gasteiger partial charge in [-0.2, -0.15) is 0 Å². The fraction of sp³-hybridized carbons (Fsp3) is 0.114. The second-order valence-corrected chi connectivity index (χ2v) is 10.8. The summed E-state index contributed by atoms with van der Waals surface area (Å²) in [6, 6.07) is 28.1. The van der Waals surface area contributed by atoms with Gasteiger partial charge in [0.15, 0.2) is 11.5 Å². The van der Waals surface area contributed by atoms with Crippen LogP contribution in [0, 0.1) is 24.0 Å². The Morgan fingerprint density at radius 1 is 0.745 bits per heavy atom. The van der Waals surface area contributed by atoms with Crippen LogP contribution in [0.25, 0.3) is 11.4 Å². The molecule has 0 atom stereocenters. The van der Waals surface area contributed by atoms with Gasteiger partial charge in [0.05, 0.1) is 40.1 Å². The maximum atomic E-state index is 14.1. The molecule has 2 aromatic heterocycles. The molecule has 0 bridgehead atoms. The molecule has 236 valence electrons. The van der Waals surface area contributed by atoms with Crippen molar-refractivity contribution in [2.75, 3.05) is 7.11 Å². The van der Waals surface area contributed by atoms with Crippen LogP contribution in [-0.4, -0.2) is 37.6 Å². The van der Waals surface area contributed by atoms with Crippen LogP contribution < -0.4 is 20.6 Å². The molecule has 12 heteroatoms. The number of rotatable bonds is 9. The Morgan fingerprint density at radius 3 is 1.81 bits per heavy atom. The lowest BCUT2D eigenvalue weighted by Crippen LogP contribution is -2.25. The van der Waals surface area contributed by atoms with Crippen molar-refractivity contribution in [1.82, 2.24) is 19.6 Å². The molecule has 47 heavy (non-hydrogen) atoms. The van der Waals surface area contributed by atoms with E-state index in [1.807, 2.05) is 36.4 Å². The molecule has 0 aliphatic rings. The third-order valence-electron chi connectivity index (χ3n) is 7.86. The summed E-state index contributed by atoms with van der Waals surface area (Å²) in [5, 5.41) is 17.5. The van der Waals surface area contributed by atoms with Gasteiger partial charge in [0.2, 0.25) is 0 Å². The Hall–Kier alpha value is -6.43. The van der Waals surface area contributed by atoms with Gasteiger partial charge in [-0.25, -0.2) is 14.2 Å². The molecule has 4 aromatic carbocycles. The molecule has 6 aromatic rings. The highest BCUT2D eigenvalue weighted by atomic mass is 16.6. The summed E-state index contributed by atoms with van der Waals surface area (Å²) in [7, 11) is 1.40. The minimum absolute atomic E-state index is 0.0166. The number of H-pyrrole nitrogens is 2. The zero-order chi connectivity index (χ0) is 33.2. The number of non-ortho nitro benzene ring substituents is 1. The summed E-state index contributed by atoms with van der Waals surface area (Å²) in [4.78, 5) is 51.9. The Bertz CT molecular complexity index is 2130. The number of ether oxygens (including phenoxy) is 2. The summed E-state index contributed by atoms with van der Waals surface area (Å²) in [6.45, 7) is 3.54. The van der Waals surface area contributed by atoms with Crippen LogP contribution in [0.3, 0.4) is 0 Å². The average molecular weight is 632 g/mol. The number of aromatic amines is 2. The number of nitrogens with zero attached hydrogens (tertiary/aromatic N) is 3. The quantitative estimate of drug-likeness (QED) is 0.0914. The van der Waals surface area contributed by atoms with Crippen molar-refractivity contribution in [3.8, 4) is 22.9 Å². The Morgan fingerprint density at radius 2 is 1.30 bits per heavy atom. The first-order valence-electron chi connectivity index (χ1n) is 14.6. The number of aryl methyl sites for hydroxylation is 2. The largest absolute Gasteiger partial charge is 0.493 e. The number of hydrogen-bond donors (Lipinski definition) is 2. The summed E-state index contributed by atoms with van der Waals surface area (Å²) in [5.74, 6) is -1.49. The van der Waals surface area contributed by atoms with E-state index in [1.165, 1.54) is 40.7 Å². The van der Waals surface area contributed by atoms with Gasteiger partial charge < -0.3 is 9.47 Å². The van der Waals surface area contributed by atoms with E-state index in [0.717, 1.165) is 6.07 Å². The Labute approximate surface area is 267 Å². The van der Waals surface area contributed by atoms with E-state index in [0.29, 0.717) is 39.5 Å². The SMILES string of the molecule is COc1cc(C(c2c(C)[nH]n(-c3ccccc3)c2=O)c2c(C)[nH]n(-c3ccccc3)c2=O)ccc1OC(=O)c1cccc([N+](=O)[O-])c1. The second kappa shape index (κ2) is 12.5. The average Bonchev–Trinajstić information content (AvgIpc) is 3.55. The van der Waals surface area contributed by atoms with Crippen molar-refractivity contribution in [2.24, 2.45) is 0 Å². The van der Waals surface area contributed by atoms with Gasteiger partial charge >= 0.3 is 5.97 Å². The highest BCUT2D eigenvalue weighted by Crippen LogP contribution is 2.37. The molecule has 0 aliphatic heterocycles. The van der Waals surface area contributed by atoms with Crippen molar-refractivity contribution in [2.45, 2.75) is 19.8 Å². The predicted octanol–water partition coefficient (Wildman–Crippen LogP) is 5.58. The summed E-state index contributed by atoms with van der Waals surface area (Å²) in [5.41, 5.74) is 2.61. The number of nitro benzene ring substituents is 1. The predicted molar refractivity (Wildman–Crippen MR) is 174 cm³/mol. The van der Waals surface area contributed by atoms with Gasteiger partial charge in [-0.3, -0.25) is 29.9 Å². The Kier molecular flexibility index (Phi) is 8.15. The molecule has 0 radical (unpaired) electrons. The van der Waals surface area contributed by atoms with E-state index in [1.54, 1.807) is 50.2 Å². The first kappa shape index (κ1) is 30.6. The highest BCUT2D eigenvalue weighted by molar-refractivity contribution is 5.92. The highest BCUT2D eigenvalue weighted by Gasteiger charge is 2.32. The zero-order valence-electron chi connectivity index (χ0n) is 25.6. The molecular formula is C35H29N5O7. The molecule has 0 amide bonds. The normalized spacial score (nSPS) is 11.1. The first-order chi connectivity index (χ1) is 22.7. The maximum absolute atomic E-state index is 14.1. The van der Waals surface area contributed by atoms with Crippen molar-refractivity contribution < 1.29 is 19.2 Å². The first-order valence-corrected chi connectivity index (χ1v) is 14.6. The van der Waals surface area contributed by atoms with E-state index in [-0.39, 0.29) is 33.9 Å². The van der Waals surface area contributed by atoms with Crippen molar-refractivity contribution >= 4 is 11.7 Å². The van der Waals surface area contributed by atoms with Crippen molar-refractivity contribution in [3.63, 3.8) is 0 Å². The zero-order valence-corrected chi connectivity index (χ0v) is 25.6. The minimum Gasteiger partial charge on any atom is -0.493 e. The van der Waals surface area contributed by atoms with E-state index < -0.39 is 16.8 Å². The molecule has 0 spiro atoms. The number of benzene rings is 4. The van der Waals surface area contributed by atoms with E-state index in [4.69, 9.17) is 9.47 Å². The molecular weight excluding hydrogens is 602 g/mol. The van der Waals surface area contributed by atoms with Crippen molar-refractivity contribution in [1.29, 1.82) is 0 Å². The number of carbonyl (C=O) groups excluding carboxylic acids is 1. The molecule has 6 rings (SSSR count). The second-order valence-electron chi connectivity index (χ2n) is 10.8. The number of nitro groups is 1. The summed E-state index contributed by atoms with van der Waals surface area (Å²) < 4.78 is 14.1. The molecule has 0 fully saturated rings. The Balaban J connectivity index is 1.50. The number of esters is 1. The lowest BCUT2D eigenvalue weighted by molar-refractivity contribution is -0.384. The van der Waals surface area contributed by atoms with E-state index >= 15 is 0 Å². The molecule has 0 saturated carbocycles. The molecule has 12 nitrogen and oxygen atoms in total. The van der Waals surface area contributed by atoms with Gasteiger partial charge in [-0.1, -0.05) is 48.5 Å². The van der Waals surface area contributed by atoms with Gasteiger partial charge in [0, 0.05) is 29.4 Å². The van der Waals surface area contributed by atoms with Crippen LogP contribution in [0.4, 0.5) is 5.69 Å². The summed E-state index contributed by atoms with van der Waals surface area (Å²) in [6.07, 6.45) is 0. The number of aromatic nitrogens is 4. The standard InChI is InChI=1S/C35H29N5O7/c1-21-30(33(41)38(36-21)25-12-6-4-7-13-25)32(31-22(2)37-39(34(31)42)26-14-8-5-9-15-26)23-17-18-28(29(20-23)46-3)47-35(43)24-11-10-16-27(19-24)40(44)45/h4-20,32,36-37H,1-3H3. The lowest BCUT2D eigenvalue weighted by atomic mass is 9.85. The minimum atomic E-state index is -0.868. The number of carbonyl (C=O) groups is 1. The van der Waals surface area contributed by atoms with Crippen LogP contribution >= 0.6 is 0 Å². The fourth-order valence-corrected chi connectivity index (χ4v) is 5.65. The van der Waals surface area contributed by atoms with Crippen molar-refractivity contribution in [3.05, 3.63) is 168 Å². The number of methoxy groups -OCH3 is 1. The lowest BCUT2D eigenvalue weighted by Gasteiger charge is -2.18. The number of nitrogens with one attached hydrogen (secondary N) is 2. The van der Waals surface area contributed by atoms with Crippen LogP contribution in [-0.2, 0) is 0 Å². The number of hydrogen-bond acceptors (Lipinski definition) is 7. The third-order valence-corrected chi connectivity index (χ3v) is 7.86. The fourth-order valence-electron chi connectivity index (χ4n) is 5.65. The monoisotopic (exact) mass is 631 g/mol. The van der Waals surface area contributed by atoms with Gasteiger partial charge in [0.1, 0.15) is 0 Å². The van der Waals surface area contributed by atoms with E-state index in [2.05, 4.69) is 10.2 Å². The summed E-state index contributed by atoms with van der Waals surface area (Å²) >= 11 is 0. The third kappa shape index (κ3) is 5.75. The van der Waals surface area contributed by atoms with Gasteiger partial charge in [0.25, 0.3) is 16.8 Å². The topological polar surface area (TPSA) is 154 Å². The van der Waals surface area contributed by atoms with Crippen LogP contribution in [0.15, 0.2) is 113 Å². The van der Waals surface area contributed by atoms with Crippen LogP contribution in [0.1, 0.15) is 44.4 Å². The number of para-hydroxylation sites is 2. The van der Waals surface area contributed by atoms with Gasteiger partial charge in [-0.15, -0.1) is 0 Å². The smallest absolute Gasteiger partial charge is 0.343 e. The molecule has 0 unspecified atom stereocenters. The van der Waals surface area contributed by atoms with Crippen LogP contribution in [0.2, 0.25) is 0 Å². The van der Waals surface area contributed by atoms with E-state index in [9.17, 15) is 24.5 Å². The van der Waals surface area contributed by atoms with Gasteiger partial charge in [-0.05, 0) is 61.9 Å². The molecule has 0 saturated heterocycles. The molecule has 2 heterocycles. The van der Waals surface area contributed by atoms with Crippen LogP contribution in [0.5, 0.6) is 11.5 Å². The molecule has 0 aliphatic carbocycles. The maximum Gasteiger partial charge on any atom is 0.343 e.